The van der Waals surface area contributed by atoms with Gasteiger partial charge in [0.1, 0.15) is 0 Å². The molecule has 2 N–H and O–H groups in total. The minimum Gasteiger partial charge on any atom is -0.382 e. The van der Waals surface area contributed by atoms with Gasteiger partial charge in [-0.15, -0.1) is 24.0 Å². The van der Waals surface area contributed by atoms with Gasteiger partial charge in [0, 0.05) is 66.1 Å². The zero-order chi connectivity index (χ0) is 19.5. The summed E-state index contributed by atoms with van der Waals surface area (Å²) in [5.74, 6) is 1.56. The predicted octanol–water partition coefficient (Wildman–Crippen LogP) is 2.64. The number of ether oxygens (including phenoxy) is 1. The van der Waals surface area contributed by atoms with E-state index in [0.29, 0.717) is 11.3 Å². The molecule has 0 aromatic carbocycles. The largest absolute Gasteiger partial charge is 0.382 e. The second-order valence-corrected chi connectivity index (χ2v) is 8.67. The maximum Gasteiger partial charge on any atom is 0.191 e. The van der Waals surface area contributed by atoms with Crippen LogP contribution in [0.4, 0.5) is 0 Å². The molecule has 1 heterocycles. The lowest BCUT2D eigenvalue weighted by atomic mass is 9.83. The first-order chi connectivity index (χ1) is 13.1. The number of piperazine rings is 1. The number of hydrogen-bond acceptors (Lipinski definition) is 4. The van der Waals surface area contributed by atoms with Gasteiger partial charge < -0.3 is 25.2 Å². The van der Waals surface area contributed by atoms with Gasteiger partial charge in [-0.25, -0.2) is 0 Å². The number of nitrogens with zero attached hydrogens (tertiary/aromatic N) is 3. The Morgan fingerprint density at radius 3 is 2.43 bits per heavy atom. The summed E-state index contributed by atoms with van der Waals surface area (Å²) in [5, 5.41) is 7.15. The van der Waals surface area contributed by atoms with Crippen molar-refractivity contribution < 1.29 is 4.74 Å². The first-order valence-corrected chi connectivity index (χ1v) is 11.0. The number of nitrogens with one attached hydrogen (secondary N) is 2. The Labute approximate surface area is 190 Å². The Balaban J connectivity index is 0.00000392. The van der Waals surface area contributed by atoms with Gasteiger partial charge in [-0.1, -0.05) is 19.8 Å². The molecule has 0 bridgehead atoms. The molecule has 7 heteroatoms. The van der Waals surface area contributed by atoms with Crippen LogP contribution in [-0.4, -0.2) is 88.9 Å². The van der Waals surface area contributed by atoms with Crippen molar-refractivity contribution >= 4 is 29.9 Å². The van der Waals surface area contributed by atoms with Gasteiger partial charge in [-0.3, -0.25) is 4.99 Å². The fraction of sp³-hybridized carbons (Fsp3) is 0.952. The third kappa shape index (κ3) is 9.13. The summed E-state index contributed by atoms with van der Waals surface area (Å²) in [6.45, 7) is 14.0. The molecule has 0 radical (unpaired) electrons. The van der Waals surface area contributed by atoms with E-state index in [-0.39, 0.29) is 24.0 Å². The summed E-state index contributed by atoms with van der Waals surface area (Å²) in [4.78, 5) is 9.45. The van der Waals surface area contributed by atoms with Crippen molar-refractivity contribution in [1.29, 1.82) is 0 Å². The molecule has 1 saturated heterocycles. The molecule has 0 spiro atoms. The smallest absolute Gasteiger partial charge is 0.191 e. The van der Waals surface area contributed by atoms with Gasteiger partial charge in [0.25, 0.3) is 0 Å². The van der Waals surface area contributed by atoms with Gasteiger partial charge >= 0.3 is 0 Å². The van der Waals surface area contributed by atoms with E-state index >= 15 is 0 Å². The Morgan fingerprint density at radius 1 is 1.14 bits per heavy atom. The first kappa shape index (κ1) is 25.9. The molecule has 1 aliphatic heterocycles. The van der Waals surface area contributed by atoms with Gasteiger partial charge in [0.05, 0.1) is 0 Å². The van der Waals surface area contributed by atoms with Crippen molar-refractivity contribution in [2.24, 2.45) is 16.3 Å². The van der Waals surface area contributed by atoms with Gasteiger partial charge in [0.2, 0.25) is 0 Å². The van der Waals surface area contributed by atoms with E-state index in [1.807, 2.05) is 7.05 Å². The number of aliphatic imine (C=N–C) groups is 1. The zero-order valence-corrected chi connectivity index (χ0v) is 21.0. The van der Waals surface area contributed by atoms with E-state index in [1.54, 1.807) is 0 Å². The van der Waals surface area contributed by atoms with E-state index in [0.717, 1.165) is 45.2 Å². The zero-order valence-electron chi connectivity index (χ0n) is 18.6. The normalized spacial score (nSPS) is 21.9. The molecule has 0 aromatic heterocycles. The van der Waals surface area contributed by atoms with Crippen LogP contribution in [0.3, 0.4) is 0 Å². The molecule has 1 aliphatic carbocycles. The minimum atomic E-state index is 0. The van der Waals surface area contributed by atoms with Crippen LogP contribution in [-0.2, 0) is 4.74 Å². The molecular weight excluding hydrogens is 465 g/mol. The summed E-state index contributed by atoms with van der Waals surface area (Å²) in [5.41, 5.74) is 0.387. The average molecular weight is 510 g/mol. The van der Waals surface area contributed by atoms with E-state index in [4.69, 9.17) is 4.74 Å². The van der Waals surface area contributed by atoms with Crippen molar-refractivity contribution in [2.75, 3.05) is 73.1 Å². The quantitative estimate of drug-likeness (QED) is 0.205. The maximum atomic E-state index is 5.63. The third-order valence-electron chi connectivity index (χ3n) is 6.28. The van der Waals surface area contributed by atoms with Crippen LogP contribution in [0.1, 0.15) is 46.0 Å². The van der Waals surface area contributed by atoms with Crippen LogP contribution in [0, 0.1) is 11.3 Å². The monoisotopic (exact) mass is 509 g/mol. The summed E-state index contributed by atoms with van der Waals surface area (Å²) < 4.78 is 5.63. The number of rotatable bonds is 10. The van der Waals surface area contributed by atoms with Gasteiger partial charge in [0.15, 0.2) is 5.96 Å². The number of guanidine groups is 1. The summed E-state index contributed by atoms with van der Waals surface area (Å²) in [6, 6.07) is 0. The number of hydrogen-bond donors (Lipinski definition) is 2. The lowest BCUT2D eigenvalue weighted by Gasteiger charge is -2.34. The van der Waals surface area contributed by atoms with Crippen LogP contribution in [0.5, 0.6) is 0 Å². The van der Waals surface area contributed by atoms with Crippen LogP contribution in [0.2, 0.25) is 0 Å². The molecular formula is C21H44IN5O. The average Bonchev–Trinajstić information content (AvgIpc) is 3.13. The van der Waals surface area contributed by atoms with Crippen molar-refractivity contribution in [3.63, 3.8) is 0 Å². The fourth-order valence-electron chi connectivity index (χ4n) is 4.37. The molecule has 28 heavy (non-hydrogen) atoms. The molecule has 0 aromatic rings. The minimum absolute atomic E-state index is 0. The van der Waals surface area contributed by atoms with Crippen molar-refractivity contribution in [2.45, 2.75) is 46.0 Å². The maximum absolute atomic E-state index is 5.63. The topological polar surface area (TPSA) is 52.1 Å². The Bertz CT molecular complexity index is 435. The standard InChI is InChI=1S/C21H43N5O.HI/c1-5-27-15-10-21(8-6-7-9-21)18-24-20(22-3)23-16-19(2)17-26-13-11-25(4)12-14-26;/h19H,5-18H2,1-4H3,(H2,22,23,24);1H. The molecule has 2 fully saturated rings. The summed E-state index contributed by atoms with van der Waals surface area (Å²) in [7, 11) is 4.09. The van der Waals surface area contributed by atoms with Crippen molar-refractivity contribution in [3.05, 3.63) is 0 Å². The Kier molecular flexibility index (Phi) is 12.9. The summed E-state index contributed by atoms with van der Waals surface area (Å²) >= 11 is 0. The molecule has 2 rings (SSSR count). The fourth-order valence-corrected chi connectivity index (χ4v) is 4.37. The number of likely N-dealkylation sites (N-methyl/N-ethyl adjacent to an activating group) is 1. The highest BCUT2D eigenvalue weighted by Crippen LogP contribution is 2.40. The van der Waals surface area contributed by atoms with Crippen molar-refractivity contribution in [1.82, 2.24) is 20.4 Å². The molecule has 6 nitrogen and oxygen atoms in total. The highest BCUT2D eigenvalue weighted by atomic mass is 127. The Morgan fingerprint density at radius 2 is 1.82 bits per heavy atom. The Hall–Kier alpha value is -0.120. The molecule has 166 valence electrons. The SMILES string of the molecule is CCOCCC1(CNC(=NC)NCC(C)CN2CCN(C)CC2)CCCC1.I. The third-order valence-corrected chi connectivity index (χ3v) is 6.28. The number of halogens is 1. The van der Waals surface area contributed by atoms with E-state index in [1.165, 1.54) is 51.9 Å². The second-order valence-electron chi connectivity index (χ2n) is 8.67. The van der Waals surface area contributed by atoms with E-state index < -0.39 is 0 Å². The van der Waals surface area contributed by atoms with Crippen LogP contribution >= 0.6 is 24.0 Å². The molecule has 2 aliphatic rings. The van der Waals surface area contributed by atoms with Gasteiger partial charge in [-0.05, 0) is 44.6 Å². The lowest BCUT2D eigenvalue weighted by molar-refractivity contribution is 0.105. The molecule has 0 amide bonds. The summed E-state index contributed by atoms with van der Waals surface area (Å²) in [6.07, 6.45) is 6.47. The molecule has 1 atom stereocenters. The molecule has 1 saturated carbocycles. The highest BCUT2D eigenvalue weighted by Gasteiger charge is 2.33. The van der Waals surface area contributed by atoms with Gasteiger partial charge in [-0.2, -0.15) is 0 Å². The van der Waals surface area contributed by atoms with E-state index in [2.05, 4.69) is 46.3 Å². The van der Waals surface area contributed by atoms with Crippen LogP contribution < -0.4 is 10.6 Å². The van der Waals surface area contributed by atoms with Crippen LogP contribution in [0.25, 0.3) is 0 Å². The van der Waals surface area contributed by atoms with E-state index in [9.17, 15) is 0 Å². The van der Waals surface area contributed by atoms with Crippen LogP contribution in [0.15, 0.2) is 4.99 Å². The lowest BCUT2D eigenvalue weighted by Crippen LogP contribution is -2.48. The highest BCUT2D eigenvalue weighted by molar-refractivity contribution is 14.0. The second kappa shape index (κ2) is 14.0. The molecule has 1 unspecified atom stereocenters. The predicted molar refractivity (Wildman–Crippen MR) is 130 cm³/mol. The first-order valence-electron chi connectivity index (χ1n) is 11.0. The van der Waals surface area contributed by atoms with Crippen molar-refractivity contribution in [3.8, 4) is 0 Å².